The van der Waals surface area contributed by atoms with Gasteiger partial charge in [0.1, 0.15) is 13.0 Å². The molecule has 0 aromatic rings. The van der Waals surface area contributed by atoms with E-state index in [0.717, 1.165) is 13.2 Å². The summed E-state index contributed by atoms with van der Waals surface area (Å²) in [6, 6.07) is 0. The van der Waals surface area contributed by atoms with Gasteiger partial charge in [0.25, 0.3) is 0 Å². The van der Waals surface area contributed by atoms with Gasteiger partial charge in [0.15, 0.2) is 0 Å². The van der Waals surface area contributed by atoms with Crippen LogP contribution < -0.4 is 0 Å². The van der Waals surface area contributed by atoms with E-state index in [9.17, 15) is 0 Å². The van der Waals surface area contributed by atoms with E-state index in [1.165, 1.54) is 0 Å². The molecule has 0 amide bonds. The average molecular weight is 159 g/mol. The lowest BCUT2D eigenvalue weighted by Crippen LogP contribution is -2.33. The van der Waals surface area contributed by atoms with Gasteiger partial charge in [0.05, 0.1) is 6.10 Å². The molecular formula is C8H17NO2. The van der Waals surface area contributed by atoms with Crippen molar-refractivity contribution < 1.29 is 9.47 Å². The van der Waals surface area contributed by atoms with E-state index in [4.69, 9.17) is 9.47 Å². The van der Waals surface area contributed by atoms with Crippen LogP contribution in [0.1, 0.15) is 20.8 Å². The maximum atomic E-state index is 5.42. The van der Waals surface area contributed by atoms with Crippen molar-refractivity contribution in [1.29, 1.82) is 0 Å². The van der Waals surface area contributed by atoms with E-state index in [1.807, 2.05) is 6.92 Å². The third kappa shape index (κ3) is 2.43. The van der Waals surface area contributed by atoms with Crippen LogP contribution in [-0.2, 0) is 9.47 Å². The van der Waals surface area contributed by atoms with E-state index in [-0.39, 0.29) is 6.23 Å². The number of hydrogen-bond donors (Lipinski definition) is 0. The molecule has 11 heavy (non-hydrogen) atoms. The predicted octanol–water partition coefficient (Wildman–Crippen LogP) is 1.05. The van der Waals surface area contributed by atoms with Crippen LogP contribution in [0.3, 0.4) is 0 Å². The lowest BCUT2D eigenvalue weighted by atomic mass is 10.4. The Morgan fingerprint density at radius 1 is 1.73 bits per heavy atom. The quantitative estimate of drug-likeness (QED) is 0.614. The van der Waals surface area contributed by atoms with Crippen molar-refractivity contribution in [1.82, 2.24) is 4.90 Å². The van der Waals surface area contributed by atoms with Crippen LogP contribution in [0, 0.1) is 0 Å². The zero-order chi connectivity index (χ0) is 8.27. The molecule has 0 saturated carbocycles. The largest absolute Gasteiger partial charge is 0.364 e. The first-order chi connectivity index (χ1) is 5.24. The molecule has 66 valence electrons. The van der Waals surface area contributed by atoms with Crippen molar-refractivity contribution in [3.8, 4) is 0 Å². The second kappa shape index (κ2) is 4.04. The minimum absolute atomic E-state index is 0.199. The first-order valence-corrected chi connectivity index (χ1v) is 4.21. The summed E-state index contributed by atoms with van der Waals surface area (Å²) >= 11 is 0. The van der Waals surface area contributed by atoms with Crippen molar-refractivity contribution in [3.05, 3.63) is 0 Å². The normalized spacial score (nSPS) is 29.2. The first-order valence-electron chi connectivity index (χ1n) is 4.21. The summed E-state index contributed by atoms with van der Waals surface area (Å²) in [4.78, 5) is 2.19. The van der Waals surface area contributed by atoms with Crippen molar-refractivity contribution in [3.63, 3.8) is 0 Å². The third-order valence-electron chi connectivity index (χ3n) is 1.94. The van der Waals surface area contributed by atoms with Crippen molar-refractivity contribution in [2.75, 3.05) is 19.9 Å². The third-order valence-corrected chi connectivity index (χ3v) is 1.94. The molecule has 1 rings (SSSR count). The Bertz CT molecular complexity index is 119. The number of nitrogens with zero attached hydrogens (tertiary/aromatic N) is 1. The average Bonchev–Trinajstić information content (AvgIpc) is 2.36. The van der Waals surface area contributed by atoms with Gasteiger partial charge in [-0.1, -0.05) is 0 Å². The van der Waals surface area contributed by atoms with E-state index < -0.39 is 0 Å². The lowest BCUT2D eigenvalue weighted by Gasteiger charge is -2.21. The van der Waals surface area contributed by atoms with Crippen LogP contribution in [0.4, 0.5) is 0 Å². The van der Waals surface area contributed by atoms with Crippen LogP contribution in [-0.4, -0.2) is 37.1 Å². The van der Waals surface area contributed by atoms with Crippen molar-refractivity contribution in [2.24, 2.45) is 0 Å². The smallest absolute Gasteiger partial charge is 0.109 e. The van der Waals surface area contributed by atoms with Gasteiger partial charge in [0, 0.05) is 13.2 Å². The molecule has 0 N–H and O–H groups in total. The monoisotopic (exact) mass is 159 g/mol. The van der Waals surface area contributed by atoms with E-state index in [2.05, 4.69) is 18.7 Å². The summed E-state index contributed by atoms with van der Waals surface area (Å²) in [7, 11) is 0. The molecule has 0 radical (unpaired) electrons. The standard InChI is InChI=1S/C8H17NO2/c1-4-10-8(3)9-5-7(2)11-6-9/h7-8H,4-6H2,1-3H3. The van der Waals surface area contributed by atoms with Gasteiger partial charge in [0.2, 0.25) is 0 Å². The fourth-order valence-corrected chi connectivity index (χ4v) is 1.26. The maximum absolute atomic E-state index is 5.42. The van der Waals surface area contributed by atoms with Gasteiger partial charge >= 0.3 is 0 Å². The van der Waals surface area contributed by atoms with Gasteiger partial charge in [-0.2, -0.15) is 0 Å². The Kier molecular flexibility index (Phi) is 3.30. The highest BCUT2D eigenvalue weighted by Crippen LogP contribution is 2.11. The topological polar surface area (TPSA) is 21.7 Å². The molecule has 0 bridgehead atoms. The van der Waals surface area contributed by atoms with Crippen LogP contribution in [0.25, 0.3) is 0 Å². The van der Waals surface area contributed by atoms with Gasteiger partial charge < -0.3 is 9.47 Å². The lowest BCUT2D eigenvalue weighted by molar-refractivity contribution is -0.0491. The molecule has 0 aromatic heterocycles. The SMILES string of the molecule is CCOC(C)N1COC(C)C1. The summed E-state index contributed by atoms with van der Waals surface area (Å²) < 4.78 is 10.8. The molecule has 3 nitrogen and oxygen atoms in total. The molecule has 0 spiro atoms. The molecule has 1 aliphatic rings. The Morgan fingerprint density at radius 3 is 2.91 bits per heavy atom. The van der Waals surface area contributed by atoms with Gasteiger partial charge in [-0.05, 0) is 20.8 Å². The van der Waals surface area contributed by atoms with Gasteiger partial charge in [-0.15, -0.1) is 0 Å². The summed E-state index contributed by atoms with van der Waals surface area (Å²) in [5, 5.41) is 0. The Balaban J connectivity index is 2.25. The maximum Gasteiger partial charge on any atom is 0.109 e. The van der Waals surface area contributed by atoms with Crippen LogP contribution in [0.5, 0.6) is 0 Å². The molecule has 3 heteroatoms. The van der Waals surface area contributed by atoms with E-state index in [0.29, 0.717) is 12.8 Å². The fraction of sp³-hybridized carbons (Fsp3) is 1.00. The zero-order valence-corrected chi connectivity index (χ0v) is 7.54. The summed E-state index contributed by atoms with van der Waals surface area (Å²) in [6.45, 7) is 8.62. The minimum atomic E-state index is 0.199. The summed E-state index contributed by atoms with van der Waals surface area (Å²) in [6.07, 6.45) is 0.558. The molecule has 2 atom stereocenters. The summed E-state index contributed by atoms with van der Waals surface area (Å²) in [5.74, 6) is 0. The van der Waals surface area contributed by atoms with Crippen molar-refractivity contribution >= 4 is 0 Å². The predicted molar refractivity (Wildman–Crippen MR) is 43.2 cm³/mol. The van der Waals surface area contributed by atoms with Gasteiger partial charge in [-0.25, -0.2) is 0 Å². The highest BCUT2D eigenvalue weighted by Gasteiger charge is 2.23. The molecule has 1 aliphatic heterocycles. The zero-order valence-electron chi connectivity index (χ0n) is 7.54. The van der Waals surface area contributed by atoms with E-state index >= 15 is 0 Å². The number of rotatable bonds is 3. The second-order valence-corrected chi connectivity index (χ2v) is 2.93. The van der Waals surface area contributed by atoms with Gasteiger partial charge in [-0.3, -0.25) is 4.90 Å². The first kappa shape index (κ1) is 8.97. The summed E-state index contributed by atoms with van der Waals surface area (Å²) in [5.41, 5.74) is 0. The van der Waals surface area contributed by atoms with Crippen LogP contribution in [0.2, 0.25) is 0 Å². The van der Waals surface area contributed by atoms with Crippen molar-refractivity contribution in [2.45, 2.75) is 33.1 Å². The Labute approximate surface area is 68.3 Å². The minimum Gasteiger partial charge on any atom is -0.364 e. The highest BCUT2D eigenvalue weighted by molar-refractivity contribution is 4.67. The van der Waals surface area contributed by atoms with E-state index in [1.54, 1.807) is 0 Å². The second-order valence-electron chi connectivity index (χ2n) is 2.93. The molecule has 1 heterocycles. The molecular weight excluding hydrogens is 142 g/mol. The Morgan fingerprint density at radius 2 is 2.45 bits per heavy atom. The number of ether oxygens (including phenoxy) is 2. The fourth-order valence-electron chi connectivity index (χ4n) is 1.26. The molecule has 1 saturated heterocycles. The molecule has 0 aliphatic carbocycles. The molecule has 0 aromatic carbocycles. The molecule has 1 fully saturated rings. The highest BCUT2D eigenvalue weighted by atomic mass is 16.5. The Hall–Kier alpha value is -0.120. The molecule has 2 unspecified atom stereocenters. The van der Waals surface area contributed by atoms with Crippen LogP contribution in [0.15, 0.2) is 0 Å². The number of hydrogen-bond acceptors (Lipinski definition) is 3. The van der Waals surface area contributed by atoms with Crippen LogP contribution >= 0.6 is 0 Å².